The van der Waals surface area contributed by atoms with Crippen LogP contribution in [0.3, 0.4) is 0 Å². The van der Waals surface area contributed by atoms with Crippen LogP contribution in [0.15, 0.2) is 53.0 Å². The molecular formula is C16H14BrF2NO2S. The zero-order valence-corrected chi connectivity index (χ0v) is 14.4. The van der Waals surface area contributed by atoms with E-state index in [2.05, 4.69) is 26.0 Å². The highest BCUT2D eigenvalue weighted by molar-refractivity contribution is 9.10. The largest absolute Gasteiger partial charge is 0.433 e. The molecule has 0 atom stereocenters. The molecule has 2 rings (SSSR count). The van der Waals surface area contributed by atoms with E-state index in [-0.39, 0.29) is 23.1 Å². The number of anilines is 1. The molecule has 0 radical (unpaired) electrons. The van der Waals surface area contributed by atoms with Crippen LogP contribution in [-0.4, -0.2) is 18.3 Å². The average molecular weight is 402 g/mol. The topological polar surface area (TPSA) is 38.3 Å². The first-order valence-electron chi connectivity index (χ1n) is 6.71. The number of para-hydroxylation sites is 2. The molecule has 0 bridgehead atoms. The van der Waals surface area contributed by atoms with Crippen molar-refractivity contribution in [1.82, 2.24) is 0 Å². The van der Waals surface area contributed by atoms with Gasteiger partial charge in [0.05, 0.1) is 11.4 Å². The Hall–Kier alpha value is -1.60. The van der Waals surface area contributed by atoms with Crippen LogP contribution in [0, 0.1) is 0 Å². The molecule has 0 aliphatic heterocycles. The number of rotatable bonds is 7. The molecule has 0 saturated heterocycles. The van der Waals surface area contributed by atoms with Crippen LogP contribution in [0.5, 0.6) is 5.75 Å². The second-order valence-corrected chi connectivity index (χ2v) is 6.35. The monoisotopic (exact) mass is 401 g/mol. The fourth-order valence-corrected chi connectivity index (χ4v) is 3.27. The van der Waals surface area contributed by atoms with Crippen LogP contribution >= 0.6 is 27.7 Å². The molecule has 1 N–H and O–H groups in total. The van der Waals surface area contributed by atoms with Gasteiger partial charge in [-0.1, -0.05) is 46.3 Å². The number of alkyl halides is 2. The highest BCUT2D eigenvalue weighted by Crippen LogP contribution is 2.26. The lowest BCUT2D eigenvalue weighted by Gasteiger charge is -2.11. The minimum atomic E-state index is -2.93. The van der Waals surface area contributed by atoms with E-state index in [4.69, 9.17) is 0 Å². The fraction of sp³-hybridized carbons (Fsp3) is 0.188. The first-order valence-corrected chi connectivity index (χ1v) is 8.66. The Labute approximate surface area is 145 Å². The highest BCUT2D eigenvalue weighted by atomic mass is 79.9. The zero-order valence-electron chi connectivity index (χ0n) is 12.0. The van der Waals surface area contributed by atoms with Gasteiger partial charge >= 0.3 is 6.61 Å². The van der Waals surface area contributed by atoms with Crippen LogP contribution in [0.4, 0.5) is 14.5 Å². The third-order valence-corrected chi connectivity index (χ3v) is 4.58. The highest BCUT2D eigenvalue weighted by Gasteiger charge is 2.11. The molecule has 0 aliphatic carbocycles. The van der Waals surface area contributed by atoms with Crippen molar-refractivity contribution < 1.29 is 18.3 Å². The molecule has 0 aliphatic rings. The van der Waals surface area contributed by atoms with Crippen LogP contribution in [0.25, 0.3) is 0 Å². The SMILES string of the molecule is O=C(CSCc1ccccc1Br)Nc1ccccc1OC(F)F. The van der Waals surface area contributed by atoms with E-state index < -0.39 is 6.61 Å². The van der Waals surface area contributed by atoms with Gasteiger partial charge in [0.15, 0.2) is 0 Å². The van der Waals surface area contributed by atoms with Crippen LogP contribution in [0.2, 0.25) is 0 Å². The standard InChI is InChI=1S/C16H14BrF2NO2S/c17-12-6-2-1-5-11(12)9-23-10-15(21)20-13-7-3-4-8-14(13)22-16(18)19/h1-8,16H,9-10H2,(H,20,21). The second kappa shape index (κ2) is 8.88. The number of amides is 1. The zero-order chi connectivity index (χ0) is 16.7. The fourth-order valence-electron chi connectivity index (χ4n) is 1.82. The number of hydrogen-bond donors (Lipinski definition) is 1. The van der Waals surface area contributed by atoms with E-state index in [1.807, 2.05) is 24.3 Å². The average Bonchev–Trinajstić information content (AvgIpc) is 2.51. The number of hydrogen-bond acceptors (Lipinski definition) is 3. The first-order chi connectivity index (χ1) is 11.1. The van der Waals surface area contributed by atoms with Crippen LogP contribution < -0.4 is 10.1 Å². The molecule has 0 spiro atoms. The molecule has 0 unspecified atom stereocenters. The molecule has 7 heteroatoms. The molecule has 23 heavy (non-hydrogen) atoms. The number of halogens is 3. The number of carbonyl (C=O) groups excluding carboxylic acids is 1. The predicted octanol–water partition coefficient (Wildman–Crippen LogP) is 4.92. The Bertz CT molecular complexity index is 670. The summed E-state index contributed by atoms with van der Waals surface area (Å²) in [6.45, 7) is -2.93. The molecule has 0 fully saturated rings. The summed E-state index contributed by atoms with van der Waals surface area (Å²) in [5, 5.41) is 2.59. The minimum Gasteiger partial charge on any atom is -0.433 e. The van der Waals surface area contributed by atoms with Crippen molar-refractivity contribution in [1.29, 1.82) is 0 Å². The van der Waals surface area contributed by atoms with Crippen molar-refractivity contribution in [2.45, 2.75) is 12.4 Å². The quantitative estimate of drug-likeness (QED) is 0.715. The number of thioether (sulfide) groups is 1. The summed E-state index contributed by atoms with van der Waals surface area (Å²) in [7, 11) is 0. The molecular weight excluding hydrogens is 388 g/mol. The van der Waals surface area contributed by atoms with Crippen molar-refractivity contribution in [3.05, 3.63) is 58.6 Å². The lowest BCUT2D eigenvalue weighted by molar-refractivity contribution is -0.113. The van der Waals surface area contributed by atoms with E-state index in [0.29, 0.717) is 5.75 Å². The number of carbonyl (C=O) groups is 1. The van der Waals surface area contributed by atoms with Crippen LogP contribution in [0.1, 0.15) is 5.56 Å². The van der Waals surface area contributed by atoms with Gasteiger partial charge in [-0.2, -0.15) is 8.78 Å². The lowest BCUT2D eigenvalue weighted by atomic mass is 10.2. The smallest absolute Gasteiger partial charge is 0.387 e. The summed E-state index contributed by atoms with van der Waals surface area (Å²) in [5.74, 6) is 0.563. The summed E-state index contributed by atoms with van der Waals surface area (Å²) in [6, 6.07) is 13.9. The molecule has 2 aromatic rings. The normalized spacial score (nSPS) is 10.6. The van der Waals surface area contributed by atoms with Gasteiger partial charge in [-0.25, -0.2) is 0 Å². The van der Waals surface area contributed by atoms with Gasteiger partial charge in [0.1, 0.15) is 5.75 Å². The minimum absolute atomic E-state index is 0.0494. The summed E-state index contributed by atoms with van der Waals surface area (Å²) in [4.78, 5) is 11.9. The number of ether oxygens (including phenoxy) is 1. The molecule has 1 amide bonds. The Morgan fingerprint density at radius 3 is 2.61 bits per heavy atom. The van der Waals surface area contributed by atoms with Gasteiger partial charge in [-0.3, -0.25) is 4.79 Å². The third kappa shape index (κ3) is 5.84. The maximum atomic E-state index is 12.3. The summed E-state index contributed by atoms with van der Waals surface area (Å²) < 4.78 is 30.0. The van der Waals surface area contributed by atoms with Crippen molar-refractivity contribution >= 4 is 39.3 Å². The Morgan fingerprint density at radius 2 is 1.87 bits per heavy atom. The van der Waals surface area contributed by atoms with E-state index in [9.17, 15) is 13.6 Å². The molecule has 122 valence electrons. The number of benzene rings is 2. The van der Waals surface area contributed by atoms with Gasteiger partial charge in [-0.05, 0) is 23.8 Å². The molecule has 0 aromatic heterocycles. The molecule has 0 heterocycles. The summed E-state index contributed by atoms with van der Waals surface area (Å²) >= 11 is 4.88. The molecule has 0 saturated carbocycles. The van der Waals surface area contributed by atoms with Gasteiger partial charge in [0.25, 0.3) is 0 Å². The molecule has 2 aromatic carbocycles. The third-order valence-electron chi connectivity index (χ3n) is 2.83. The van der Waals surface area contributed by atoms with Crippen molar-refractivity contribution in [3.8, 4) is 5.75 Å². The Morgan fingerprint density at radius 1 is 1.17 bits per heavy atom. The summed E-state index contributed by atoms with van der Waals surface area (Å²) in [5.41, 5.74) is 1.33. The van der Waals surface area contributed by atoms with E-state index in [0.717, 1.165) is 10.0 Å². The summed E-state index contributed by atoms with van der Waals surface area (Å²) in [6.07, 6.45) is 0. The number of nitrogens with one attached hydrogen (secondary N) is 1. The predicted molar refractivity (Wildman–Crippen MR) is 92.0 cm³/mol. The van der Waals surface area contributed by atoms with E-state index >= 15 is 0 Å². The first kappa shape index (κ1) is 17.7. The van der Waals surface area contributed by atoms with Crippen molar-refractivity contribution in [2.24, 2.45) is 0 Å². The van der Waals surface area contributed by atoms with Gasteiger partial charge in [0, 0.05) is 10.2 Å². The van der Waals surface area contributed by atoms with Gasteiger partial charge < -0.3 is 10.1 Å². The van der Waals surface area contributed by atoms with E-state index in [1.54, 1.807) is 12.1 Å². The maximum absolute atomic E-state index is 12.3. The maximum Gasteiger partial charge on any atom is 0.387 e. The Kier molecular flexibility index (Phi) is 6.85. The van der Waals surface area contributed by atoms with E-state index in [1.165, 1.54) is 23.9 Å². The van der Waals surface area contributed by atoms with Crippen molar-refractivity contribution in [2.75, 3.05) is 11.1 Å². The van der Waals surface area contributed by atoms with Crippen LogP contribution in [-0.2, 0) is 10.5 Å². The lowest BCUT2D eigenvalue weighted by Crippen LogP contribution is -2.15. The second-order valence-electron chi connectivity index (χ2n) is 4.51. The Balaban J connectivity index is 1.87. The van der Waals surface area contributed by atoms with Crippen molar-refractivity contribution in [3.63, 3.8) is 0 Å². The van der Waals surface area contributed by atoms with Gasteiger partial charge in [0.2, 0.25) is 5.91 Å². The van der Waals surface area contributed by atoms with Gasteiger partial charge in [-0.15, -0.1) is 11.8 Å². The molecule has 3 nitrogen and oxygen atoms in total.